The van der Waals surface area contributed by atoms with Crippen molar-refractivity contribution in [1.29, 1.82) is 0 Å². The molecule has 0 saturated carbocycles. The molecule has 3 aromatic rings. The third kappa shape index (κ3) is 5.01. The second-order valence-electron chi connectivity index (χ2n) is 7.64. The van der Waals surface area contributed by atoms with Crippen LogP contribution in [0.25, 0.3) is 0 Å². The summed E-state index contributed by atoms with van der Waals surface area (Å²) in [6.45, 7) is 0.449. The molecule has 0 bridgehead atoms. The zero-order valence-corrected chi connectivity index (χ0v) is 17.7. The minimum Gasteiger partial charge on any atom is -0.483 e. The molecule has 3 N–H and O–H groups in total. The molecule has 33 heavy (non-hydrogen) atoms. The van der Waals surface area contributed by atoms with E-state index in [1.54, 1.807) is 47.4 Å². The van der Waals surface area contributed by atoms with E-state index in [1.165, 1.54) is 18.2 Å². The molecule has 0 spiro atoms. The molecule has 8 heteroatoms. The number of nitrogens with one attached hydrogen (secondary N) is 1. The van der Waals surface area contributed by atoms with Gasteiger partial charge in [0.2, 0.25) is 5.91 Å². The third-order valence-electron chi connectivity index (χ3n) is 5.41. The summed E-state index contributed by atoms with van der Waals surface area (Å²) < 4.78 is 19.3. The molecular weight excluding hydrogens is 425 g/mol. The summed E-state index contributed by atoms with van der Waals surface area (Å²) in [5.41, 5.74) is 8.07. The summed E-state index contributed by atoms with van der Waals surface area (Å²) in [7, 11) is 0. The van der Waals surface area contributed by atoms with Crippen LogP contribution in [0.2, 0.25) is 0 Å². The molecule has 4 rings (SSSR count). The smallest absolute Gasteiger partial charge is 0.262 e. The lowest BCUT2D eigenvalue weighted by molar-refractivity contribution is -0.118. The van der Waals surface area contributed by atoms with E-state index in [9.17, 15) is 18.8 Å². The molecule has 1 aliphatic heterocycles. The predicted octanol–water partition coefficient (Wildman–Crippen LogP) is 3.14. The summed E-state index contributed by atoms with van der Waals surface area (Å²) in [4.78, 5) is 38.6. The first-order valence-corrected chi connectivity index (χ1v) is 10.4. The van der Waals surface area contributed by atoms with Crippen molar-refractivity contribution in [1.82, 2.24) is 4.90 Å². The minimum absolute atomic E-state index is 0.0535. The van der Waals surface area contributed by atoms with Gasteiger partial charge in [0.15, 0.2) is 6.61 Å². The van der Waals surface area contributed by atoms with Gasteiger partial charge >= 0.3 is 0 Å². The number of fused-ring (bicyclic) bond motifs is 1. The predicted molar refractivity (Wildman–Crippen MR) is 120 cm³/mol. The van der Waals surface area contributed by atoms with Crippen LogP contribution in [0.15, 0.2) is 66.7 Å². The fraction of sp³-hybridized carbons (Fsp3) is 0.160. The molecule has 0 aliphatic carbocycles. The van der Waals surface area contributed by atoms with E-state index in [0.717, 1.165) is 11.1 Å². The van der Waals surface area contributed by atoms with Crippen LogP contribution in [0, 0.1) is 5.82 Å². The molecule has 3 aromatic carbocycles. The summed E-state index contributed by atoms with van der Waals surface area (Å²) in [5, 5.41) is 2.45. The molecule has 0 fully saturated rings. The number of halogens is 1. The fourth-order valence-electron chi connectivity index (χ4n) is 3.72. The number of benzene rings is 3. The number of carbonyl (C=O) groups is 3. The van der Waals surface area contributed by atoms with Crippen molar-refractivity contribution in [3.63, 3.8) is 0 Å². The Kier molecular flexibility index (Phi) is 6.35. The van der Waals surface area contributed by atoms with Crippen LogP contribution in [0.5, 0.6) is 5.75 Å². The highest BCUT2D eigenvalue weighted by Crippen LogP contribution is 2.25. The van der Waals surface area contributed by atoms with Gasteiger partial charge < -0.3 is 20.7 Å². The van der Waals surface area contributed by atoms with E-state index in [2.05, 4.69) is 5.32 Å². The highest BCUT2D eigenvalue weighted by atomic mass is 19.1. The van der Waals surface area contributed by atoms with E-state index in [-0.39, 0.29) is 24.0 Å². The number of nitrogens with two attached hydrogens (primary N) is 1. The van der Waals surface area contributed by atoms with Gasteiger partial charge in [-0.25, -0.2) is 4.39 Å². The van der Waals surface area contributed by atoms with Crippen molar-refractivity contribution in [3.8, 4) is 5.75 Å². The lowest BCUT2D eigenvalue weighted by Crippen LogP contribution is -2.36. The van der Waals surface area contributed by atoms with E-state index in [0.29, 0.717) is 30.6 Å². The quantitative estimate of drug-likeness (QED) is 0.606. The normalized spacial score (nSPS) is 12.6. The van der Waals surface area contributed by atoms with Crippen molar-refractivity contribution in [3.05, 3.63) is 94.8 Å². The van der Waals surface area contributed by atoms with Crippen LogP contribution in [-0.2, 0) is 17.8 Å². The second-order valence-corrected chi connectivity index (χ2v) is 7.64. The van der Waals surface area contributed by atoms with Crippen molar-refractivity contribution < 1.29 is 23.5 Å². The van der Waals surface area contributed by atoms with Crippen molar-refractivity contribution >= 4 is 23.4 Å². The lowest BCUT2D eigenvalue weighted by Gasteiger charge is -2.29. The second kappa shape index (κ2) is 9.52. The Morgan fingerprint density at radius 3 is 2.55 bits per heavy atom. The van der Waals surface area contributed by atoms with Gasteiger partial charge in [-0.1, -0.05) is 30.3 Å². The van der Waals surface area contributed by atoms with E-state index >= 15 is 0 Å². The van der Waals surface area contributed by atoms with Crippen LogP contribution < -0.4 is 15.8 Å². The van der Waals surface area contributed by atoms with Gasteiger partial charge in [-0.15, -0.1) is 0 Å². The van der Waals surface area contributed by atoms with Crippen molar-refractivity contribution in [2.24, 2.45) is 5.73 Å². The van der Waals surface area contributed by atoms with Gasteiger partial charge in [0.25, 0.3) is 11.8 Å². The Morgan fingerprint density at radius 2 is 1.76 bits per heavy atom. The van der Waals surface area contributed by atoms with Gasteiger partial charge in [-0.2, -0.15) is 0 Å². The first kappa shape index (κ1) is 22.0. The number of hydrogen-bond acceptors (Lipinski definition) is 4. The Bertz CT molecular complexity index is 1230. The van der Waals surface area contributed by atoms with Gasteiger partial charge in [0.05, 0.1) is 11.3 Å². The highest BCUT2D eigenvalue weighted by molar-refractivity contribution is 5.98. The Labute approximate surface area is 190 Å². The van der Waals surface area contributed by atoms with Crippen LogP contribution in [0.4, 0.5) is 10.1 Å². The van der Waals surface area contributed by atoms with E-state index in [4.69, 9.17) is 10.5 Å². The number of nitrogens with zero attached hydrogens (tertiary/aromatic N) is 1. The molecule has 0 saturated heterocycles. The molecule has 1 heterocycles. The number of hydrogen-bond donors (Lipinski definition) is 2. The maximum Gasteiger partial charge on any atom is 0.262 e. The molecule has 0 radical (unpaired) electrons. The average molecular weight is 447 g/mol. The fourth-order valence-corrected chi connectivity index (χ4v) is 3.72. The van der Waals surface area contributed by atoms with Gasteiger partial charge in [0, 0.05) is 18.7 Å². The summed E-state index contributed by atoms with van der Waals surface area (Å²) in [6, 6.07) is 17.7. The standard InChI is InChI=1S/C25H22FN3O4/c26-20-6-2-3-7-21(20)28-23(30)15-33-22-8-4-1-5-19(22)25(32)29-12-11-16-9-10-17(24(27)31)13-18(16)14-29/h1-10,13H,11-12,14-15H2,(H2,27,31)(H,28,30). The summed E-state index contributed by atoms with van der Waals surface area (Å²) in [5.74, 6) is -1.62. The first-order valence-electron chi connectivity index (χ1n) is 10.4. The number of anilines is 1. The Balaban J connectivity index is 1.45. The largest absolute Gasteiger partial charge is 0.483 e. The molecule has 0 aromatic heterocycles. The first-order chi connectivity index (χ1) is 15.9. The summed E-state index contributed by atoms with van der Waals surface area (Å²) in [6.07, 6.45) is 0.647. The van der Waals surface area contributed by atoms with Crippen LogP contribution >= 0.6 is 0 Å². The van der Waals surface area contributed by atoms with Gasteiger partial charge in [-0.3, -0.25) is 14.4 Å². The summed E-state index contributed by atoms with van der Waals surface area (Å²) >= 11 is 0. The van der Waals surface area contributed by atoms with E-state index < -0.39 is 17.6 Å². The van der Waals surface area contributed by atoms with Crippen LogP contribution in [0.1, 0.15) is 31.8 Å². The number of rotatable bonds is 6. The zero-order valence-electron chi connectivity index (χ0n) is 17.7. The molecule has 0 unspecified atom stereocenters. The maximum atomic E-state index is 13.7. The third-order valence-corrected chi connectivity index (χ3v) is 5.41. The number of primary amides is 1. The maximum absolute atomic E-state index is 13.7. The number of para-hydroxylation sites is 2. The zero-order chi connectivity index (χ0) is 23.4. The SMILES string of the molecule is NC(=O)c1ccc2c(c1)CN(C(=O)c1ccccc1OCC(=O)Nc1ccccc1F)CC2. The Morgan fingerprint density at radius 1 is 1.00 bits per heavy atom. The topological polar surface area (TPSA) is 102 Å². The molecule has 7 nitrogen and oxygen atoms in total. The van der Waals surface area contributed by atoms with Crippen molar-refractivity contribution in [2.45, 2.75) is 13.0 Å². The van der Waals surface area contributed by atoms with Crippen molar-refractivity contribution in [2.75, 3.05) is 18.5 Å². The molecule has 1 aliphatic rings. The van der Waals surface area contributed by atoms with Gasteiger partial charge in [0.1, 0.15) is 11.6 Å². The Hall–Kier alpha value is -4.20. The highest BCUT2D eigenvalue weighted by Gasteiger charge is 2.25. The number of ether oxygens (including phenoxy) is 1. The number of carbonyl (C=O) groups excluding carboxylic acids is 3. The monoisotopic (exact) mass is 447 g/mol. The van der Waals surface area contributed by atoms with Crippen LogP contribution in [-0.4, -0.2) is 35.8 Å². The molecule has 0 atom stereocenters. The minimum atomic E-state index is -0.550. The molecule has 168 valence electrons. The average Bonchev–Trinajstić information content (AvgIpc) is 2.83. The van der Waals surface area contributed by atoms with Crippen LogP contribution in [0.3, 0.4) is 0 Å². The molecular formula is C25H22FN3O4. The lowest BCUT2D eigenvalue weighted by atomic mass is 9.96. The van der Waals surface area contributed by atoms with Gasteiger partial charge in [-0.05, 0) is 53.9 Å². The van der Waals surface area contributed by atoms with E-state index in [1.807, 2.05) is 6.07 Å². The molecule has 3 amide bonds. The number of amides is 3.